The van der Waals surface area contributed by atoms with Gasteiger partial charge in [-0.2, -0.15) is 5.10 Å². The average Bonchev–Trinajstić information content (AvgIpc) is 2.75. The van der Waals surface area contributed by atoms with Crippen molar-refractivity contribution in [2.75, 3.05) is 12.4 Å². The molecular formula is C16H22N4O. The van der Waals surface area contributed by atoms with E-state index in [0.717, 1.165) is 23.5 Å². The fraction of sp³-hybridized carbons (Fsp3) is 0.375. The SMILES string of the molecule is CC(=O)N(C)Cc1cccc(NCc2cn(C)nc2C)c1. The molecule has 1 heterocycles. The second kappa shape index (κ2) is 6.43. The third-order valence-corrected chi connectivity index (χ3v) is 3.48. The number of aryl methyl sites for hydroxylation is 2. The Balaban J connectivity index is 2.01. The van der Waals surface area contributed by atoms with Crippen LogP contribution in [-0.2, 0) is 24.9 Å². The molecule has 0 fully saturated rings. The van der Waals surface area contributed by atoms with Gasteiger partial charge in [-0.3, -0.25) is 9.48 Å². The van der Waals surface area contributed by atoms with Crippen LogP contribution in [0.4, 0.5) is 5.69 Å². The van der Waals surface area contributed by atoms with Crippen LogP contribution in [0.2, 0.25) is 0 Å². The first-order valence-electron chi connectivity index (χ1n) is 6.99. The Hall–Kier alpha value is -2.30. The maximum Gasteiger partial charge on any atom is 0.219 e. The third-order valence-electron chi connectivity index (χ3n) is 3.48. The monoisotopic (exact) mass is 286 g/mol. The first-order valence-corrected chi connectivity index (χ1v) is 6.99. The second-order valence-corrected chi connectivity index (χ2v) is 5.34. The lowest BCUT2D eigenvalue weighted by molar-refractivity contribution is -0.128. The summed E-state index contributed by atoms with van der Waals surface area (Å²) in [6.07, 6.45) is 2.02. The summed E-state index contributed by atoms with van der Waals surface area (Å²) in [7, 11) is 3.73. The number of carbonyl (C=O) groups is 1. The molecular weight excluding hydrogens is 264 g/mol. The molecule has 0 radical (unpaired) electrons. The number of hydrogen-bond acceptors (Lipinski definition) is 3. The van der Waals surface area contributed by atoms with Crippen molar-refractivity contribution in [3.05, 3.63) is 47.3 Å². The topological polar surface area (TPSA) is 50.2 Å². The number of nitrogens with zero attached hydrogens (tertiary/aromatic N) is 3. The number of rotatable bonds is 5. The van der Waals surface area contributed by atoms with Gasteiger partial charge in [-0.25, -0.2) is 0 Å². The van der Waals surface area contributed by atoms with Crippen LogP contribution in [0.15, 0.2) is 30.5 Å². The van der Waals surface area contributed by atoms with Crippen LogP contribution in [0.25, 0.3) is 0 Å². The van der Waals surface area contributed by atoms with Crippen molar-refractivity contribution in [3.8, 4) is 0 Å². The molecule has 5 nitrogen and oxygen atoms in total. The molecule has 0 bridgehead atoms. The molecule has 21 heavy (non-hydrogen) atoms. The van der Waals surface area contributed by atoms with Crippen LogP contribution in [0, 0.1) is 6.92 Å². The summed E-state index contributed by atoms with van der Waals surface area (Å²) in [5.74, 6) is 0.0688. The summed E-state index contributed by atoms with van der Waals surface area (Å²) in [6.45, 7) is 4.95. The van der Waals surface area contributed by atoms with Crippen molar-refractivity contribution >= 4 is 11.6 Å². The molecule has 2 aromatic rings. The number of benzene rings is 1. The smallest absolute Gasteiger partial charge is 0.219 e. The molecule has 0 aliphatic rings. The Kier molecular flexibility index (Phi) is 4.62. The first kappa shape index (κ1) is 15.1. The normalized spacial score (nSPS) is 10.5. The van der Waals surface area contributed by atoms with E-state index >= 15 is 0 Å². The van der Waals surface area contributed by atoms with Crippen molar-refractivity contribution in [3.63, 3.8) is 0 Å². The number of amides is 1. The summed E-state index contributed by atoms with van der Waals surface area (Å²) in [4.78, 5) is 13.0. The molecule has 0 saturated heterocycles. The average molecular weight is 286 g/mol. The number of aromatic nitrogens is 2. The Labute approximate surface area is 125 Å². The maximum atomic E-state index is 11.3. The van der Waals surface area contributed by atoms with Crippen molar-refractivity contribution in [2.45, 2.75) is 26.9 Å². The van der Waals surface area contributed by atoms with Crippen LogP contribution in [0.1, 0.15) is 23.7 Å². The summed E-state index contributed by atoms with van der Waals surface area (Å²) >= 11 is 0. The van der Waals surface area contributed by atoms with Gasteiger partial charge in [0, 0.05) is 51.6 Å². The van der Waals surface area contributed by atoms with Gasteiger partial charge >= 0.3 is 0 Å². The van der Waals surface area contributed by atoms with Gasteiger partial charge in [0.1, 0.15) is 0 Å². The zero-order valence-electron chi connectivity index (χ0n) is 13.1. The van der Waals surface area contributed by atoms with Gasteiger partial charge in [0.05, 0.1) is 5.69 Å². The number of hydrogen-bond donors (Lipinski definition) is 1. The van der Waals surface area contributed by atoms with Crippen molar-refractivity contribution in [1.29, 1.82) is 0 Å². The molecule has 0 unspecified atom stereocenters. The quantitative estimate of drug-likeness (QED) is 0.917. The van der Waals surface area contributed by atoms with E-state index in [1.807, 2.05) is 43.0 Å². The number of nitrogens with one attached hydrogen (secondary N) is 1. The third kappa shape index (κ3) is 4.08. The van der Waals surface area contributed by atoms with Crippen molar-refractivity contribution in [2.24, 2.45) is 7.05 Å². The summed E-state index contributed by atoms with van der Waals surface area (Å²) in [6, 6.07) is 8.13. The Morgan fingerprint density at radius 1 is 1.43 bits per heavy atom. The molecule has 0 aliphatic carbocycles. The van der Waals surface area contributed by atoms with E-state index in [9.17, 15) is 4.79 Å². The minimum absolute atomic E-state index is 0.0688. The standard InChI is InChI=1S/C16H22N4O/c1-12-15(11-20(4)18-12)9-17-16-7-5-6-14(8-16)10-19(3)13(2)21/h5-8,11,17H,9-10H2,1-4H3. The minimum Gasteiger partial charge on any atom is -0.381 e. The van der Waals surface area contributed by atoms with E-state index in [2.05, 4.69) is 16.5 Å². The Morgan fingerprint density at radius 3 is 2.81 bits per heavy atom. The van der Waals surface area contributed by atoms with E-state index in [1.54, 1.807) is 18.9 Å². The van der Waals surface area contributed by atoms with E-state index in [1.165, 1.54) is 5.56 Å². The molecule has 1 aromatic heterocycles. The van der Waals surface area contributed by atoms with Gasteiger partial charge in [-0.15, -0.1) is 0 Å². The predicted molar refractivity (Wildman–Crippen MR) is 83.9 cm³/mol. The molecule has 1 N–H and O–H groups in total. The summed E-state index contributed by atoms with van der Waals surface area (Å²) in [5.41, 5.74) is 4.38. The fourth-order valence-electron chi connectivity index (χ4n) is 2.18. The molecule has 0 saturated carbocycles. The summed E-state index contributed by atoms with van der Waals surface area (Å²) < 4.78 is 1.82. The van der Waals surface area contributed by atoms with Crippen LogP contribution in [0.5, 0.6) is 0 Å². The van der Waals surface area contributed by atoms with Gasteiger partial charge in [0.25, 0.3) is 0 Å². The molecule has 0 spiro atoms. The number of carbonyl (C=O) groups excluding carboxylic acids is 1. The van der Waals surface area contributed by atoms with Crippen LogP contribution in [0.3, 0.4) is 0 Å². The minimum atomic E-state index is 0.0688. The molecule has 1 aromatic carbocycles. The van der Waals surface area contributed by atoms with Gasteiger partial charge in [-0.05, 0) is 24.6 Å². The van der Waals surface area contributed by atoms with E-state index in [-0.39, 0.29) is 5.91 Å². The molecule has 2 rings (SSSR count). The molecule has 1 amide bonds. The lowest BCUT2D eigenvalue weighted by atomic mass is 10.2. The van der Waals surface area contributed by atoms with E-state index < -0.39 is 0 Å². The van der Waals surface area contributed by atoms with Gasteiger partial charge < -0.3 is 10.2 Å². The molecule has 5 heteroatoms. The predicted octanol–water partition coefficient (Wildman–Crippen LogP) is 2.32. The highest BCUT2D eigenvalue weighted by Crippen LogP contribution is 2.14. The van der Waals surface area contributed by atoms with Crippen LogP contribution >= 0.6 is 0 Å². The van der Waals surface area contributed by atoms with E-state index in [4.69, 9.17) is 0 Å². The summed E-state index contributed by atoms with van der Waals surface area (Å²) in [5, 5.41) is 7.73. The maximum absolute atomic E-state index is 11.3. The lowest BCUT2D eigenvalue weighted by Crippen LogP contribution is -2.23. The Morgan fingerprint density at radius 2 is 2.19 bits per heavy atom. The van der Waals surface area contributed by atoms with Crippen LogP contribution < -0.4 is 5.32 Å². The fourth-order valence-corrected chi connectivity index (χ4v) is 2.18. The van der Waals surface area contributed by atoms with E-state index in [0.29, 0.717) is 6.54 Å². The highest BCUT2D eigenvalue weighted by molar-refractivity contribution is 5.72. The Bertz CT molecular complexity index is 633. The highest BCUT2D eigenvalue weighted by atomic mass is 16.2. The second-order valence-electron chi connectivity index (χ2n) is 5.34. The molecule has 0 aliphatic heterocycles. The number of anilines is 1. The zero-order chi connectivity index (χ0) is 15.4. The van der Waals surface area contributed by atoms with Crippen molar-refractivity contribution in [1.82, 2.24) is 14.7 Å². The van der Waals surface area contributed by atoms with Gasteiger partial charge in [0.2, 0.25) is 5.91 Å². The largest absolute Gasteiger partial charge is 0.381 e. The van der Waals surface area contributed by atoms with Gasteiger partial charge in [-0.1, -0.05) is 12.1 Å². The molecule has 112 valence electrons. The zero-order valence-corrected chi connectivity index (χ0v) is 13.1. The van der Waals surface area contributed by atoms with Gasteiger partial charge in [0.15, 0.2) is 0 Å². The highest BCUT2D eigenvalue weighted by Gasteiger charge is 2.05. The van der Waals surface area contributed by atoms with Crippen LogP contribution in [-0.4, -0.2) is 27.6 Å². The molecule has 0 atom stereocenters. The van der Waals surface area contributed by atoms with Crippen molar-refractivity contribution < 1.29 is 4.79 Å². The first-order chi connectivity index (χ1) is 9.95. The lowest BCUT2D eigenvalue weighted by Gasteiger charge is -2.15.